The number of primary sulfonamides is 1. The van der Waals surface area contributed by atoms with Crippen molar-refractivity contribution in [3.05, 3.63) is 70.8 Å². The van der Waals surface area contributed by atoms with Gasteiger partial charge in [0.15, 0.2) is 0 Å². The number of azide groups is 1. The number of benzene rings is 2. The third-order valence-corrected chi connectivity index (χ3v) is 5.94. The highest BCUT2D eigenvalue weighted by atomic mass is 32.2. The molecule has 162 valence electrons. The molecule has 0 bridgehead atoms. The van der Waals surface area contributed by atoms with Crippen LogP contribution >= 0.6 is 0 Å². The Hall–Kier alpha value is -3.13. The minimum atomic E-state index is -3.76. The maximum atomic E-state index is 11.6. The van der Waals surface area contributed by atoms with E-state index in [1.54, 1.807) is 12.1 Å². The molecule has 1 aromatic heterocycles. The van der Waals surface area contributed by atoms with Crippen LogP contribution in [0.2, 0.25) is 0 Å². The first-order chi connectivity index (χ1) is 15.0. The van der Waals surface area contributed by atoms with Crippen LogP contribution in [0.4, 0.5) is 0 Å². The Bertz CT molecular complexity index is 1140. The summed E-state index contributed by atoms with van der Waals surface area (Å²) in [6.07, 6.45) is 5.66. The second kappa shape index (κ2) is 10.8. The summed E-state index contributed by atoms with van der Waals surface area (Å²) in [7, 11) is -3.76. The highest BCUT2D eigenvalue weighted by molar-refractivity contribution is 7.89. The smallest absolute Gasteiger partial charge is 0.238 e. The van der Waals surface area contributed by atoms with E-state index < -0.39 is 10.0 Å². The van der Waals surface area contributed by atoms with Crippen molar-refractivity contribution >= 4 is 10.0 Å². The molecule has 0 saturated carbocycles. The molecule has 3 aromatic rings. The molecule has 0 aliphatic carbocycles. The van der Waals surface area contributed by atoms with Crippen molar-refractivity contribution in [2.75, 3.05) is 6.54 Å². The van der Waals surface area contributed by atoms with E-state index in [-0.39, 0.29) is 4.90 Å². The molecule has 2 aromatic carbocycles. The normalized spacial score (nSPS) is 11.3. The summed E-state index contributed by atoms with van der Waals surface area (Å²) in [5.74, 6) is 0.774. The minimum absolute atomic E-state index is 0.0660. The molecule has 0 unspecified atom stereocenters. The van der Waals surface area contributed by atoms with Crippen LogP contribution in [0.3, 0.4) is 0 Å². The number of nitrogens with zero attached hydrogens (tertiary/aromatic N) is 4. The lowest BCUT2D eigenvalue weighted by Crippen LogP contribution is -2.11. The third kappa shape index (κ3) is 6.18. The zero-order valence-corrected chi connectivity index (χ0v) is 18.0. The number of rotatable bonds is 11. The molecule has 0 saturated heterocycles. The van der Waals surface area contributed by atoms with Crippen LogP contribution in [-0.2, 0) is 16.4 Å². The Kier molecular flexibility index (Phi) is 7.83. The number of sulfonamides is 1. The SMILES string of the molecule is [N-]=[N+]=NCCCCCCCc1onc(-c2ccccc2)c1-c1ccc(S(N)(=O)=O)cc1. The highest BCUT2D eigenvalue weighted by Crippen LogP contribution is 2.35. The van der Waals surface area contributed by atoms with Gasteiger partial charge >= 0.3 is 0 Å². The Morgan fingerprint density at radius 2 is 1.61 bits per heavy atom. The first-order valence-electron chi connectivity index (χ1n) is 10.2. The largest absolute Gasteiger partial charge is 0.360 e. The highest BCUT2D eigenvalue weighted by Gasteiger charge is 2.19. The van der Waals surface area contributed by atoms with Gasteiger partial charge in [0.2, 0.25) is 10.0 Å². The van der Waals surface area contributed by atoms with Crippen molar-refractivity contribution in [1.29, 1.82) is 0 Å². The van der Waals surface area contributed by atoms with E-state index >= 15 is 0 Å². The van der Waals surface area contributed by atoms with Gasteiger partial charge in [0.25, 0.3) is 0 Å². The van der Waals surface area contributed by atoms with Gasteiger partial charge in [0, 0.05) is 23.4 Å². The number of aryl methyl sites for hydroxylation is 1. The quantitative estimate of drug-likeness (QED) is 0.184. The number of nitrogens with two attached hydrogens (primary N) is 1. The maximum Gasteiger partial charge on any atom is 0.238 e. The zero-order chi connectivity index (χ0) is 22.1. The van der Waals surface area contributed by atoms with E-state index in [1.807, 2.05) is 30.3 Å². The molecule has 0 radical (unpaired) electrons. The summed E-state index contributed by atoms with van der Waals surface area (Å²) in [5, 5.41) is 13.1. The molecule has 0 aliphatic rings. The summed E-state index contributed by atoms with van der Waals surface area (Å²) in [6.45, 7) is 0.539. The first kappa shape index (κ1) is 22.6. The average molecular weight is 440 g/mol. The second-order valence-corrected chi connectivity index (χ2v) is 8.80. The molecule has 0 amide bonds. The Morgan fingerprint density at radius 3 is 2.29 bits per heavy atom. The first-order valence-corrected chi connectivity index (χ1v) is 11.7. The molecule has 9 heteroatoms. The summed E-state index contributed by atoms with van der Waals surface area (Å²) < 4.78 is 28.9. The van der Waals surface area contributed by atoms with Crippen LogP contribution in [-0.4, -0.2) is 20.1 Å². The fourth-order valence-corrected chi connectivity index (χ4v) is 3.96. The number of hydrogen-bond donors (Lipinski definition) is 1. The van der Waals surface area contributed by atoms with Gasteiger partial charge in [-0.3, -0.25) is 0 Å². The van der Waals surface area contributed by atoms with Crippen molar-refractivity contribution in [2.45, 2.75) is 43.4 Å². The van der Waals surface area contributed by atoms with Gasteiger partial charge in [0.05, 0.1) is 10.5 Å². The third-order valence-electron chi connectivity index (χ3n) is 5.01. The van der Waals surface area contributed by atoms with Crippen molar-refractivity contribution in [1.82, 2.24) is 5.16 Å². The Balaban J connectivity index is 1.79. The standard InChI is InChI=1S/C22H25N5O3S/c23-27-25-16-8-3-1-2-7-11-20-21(17-12-14-19(15-13-17)31(24,28)29)22(26-30-20)18-9-5-4-6-10-18/h4-6,9-10,12-15H,1-3,7-8,11,16H2,(H2,24,28,29). The second-order valence-electron chi connectivity index (χ2n) is 7.24. The van der Waals surface area contributed by atoms with Crippen LogP contribution in [0.5, 0.6) is 0 Å². The van der Waals surface area contributed by atoms with E-state index in [4.69, 9.17) is 15.2 Å². The molecule has 8 nitrogen and oxygen atoms in total. The van der Waals surface area contributed by atoms with Gasteiger partial charge in [-0.15, -0.1) is 0 Å². The molecule has 0 spiro atoms. The monoisotopic (exact) mass is 439 g/mol. The van der Waals surface area contributed by atoms with Crippen molar-refractivity contribution in [2.24, 2.45) is 10.3 Å². The number of aromatic nitrogens is 1. The lowest BCUT2D eigenvalue weighted by molar-refractivity contribution is 0.381. The molecule has 2 N–H and O–H groups in total. The molecule has 3 rings (SSSR count). The van der Waals surface area contributed by atoms with E-state index in [2.05, 4.69) is 15.2 Å². The summed E-state index contributed by atoms with van der Waals surface area (Å²) in [5.41, 5.74) is 11.7. The zero-order valence-electron chi connectivity index (χ0n) is 17.1. The topological polar surface area (TPSA) is 135 Å². The van der Waals surface area contributed by atoms with Gasteiger partial charge in [-0.25, -0.2) is 13.6 Å². The fraction of sp³-hybridized carbons (Fsp3) is 0.318. The molecule has 0 aliphatic heterocycles. The van der Waals surface area contributed by atoms with Gasteiger partial charge in [-0.05, 0) is 36.1 Å². The van der Waals surface area contributed by atoms with Crippen molar-refractivity contribution in [3.63, 3.8) is 0 Å². The molecule has 1 heterocycles. The van der Waals surface area contributed by atoms with Gasteiger partial charge in [-0.2, -0.15) is 0 Å². The van der Waals surface area contributed by atoms with Crippen LogP contribution < -0.4 is 5.14 Å². The lowest BCUT2D eigenvalue weighted by Gasteiger charge is -2.06. The van der Waals surface area contributed by atoms with Crippen LogP contribution in [0.1, 0.15) is 37.9 Å². The van der Waals surface area contributed by atoms with Crippen molar-refractivity contribution in [3.8, 4) is 22.4 Å². The molecular weight excluding hydrogens is 414 g/mol. The minimum Gasteiger partial charge on any atom is -0.360 e. The Morgan fingerprint density at radius 1 is 0.935 bits per heavy atom. The average Bonchev–Trinajstić information content (AvgIpc) is 3.19. The maximum absolute atomic E-state index is 11.6. The molecule has 31 heavy (non-hydrogen) atoms. The van der Waals surface area contributed by atoms with Gasteiger partial charge < -0.3 is 4.52 Å². The van der Waals surface area contributed by atoms with Crippen LogP contribution in [0.15, 0.2) is 69.1 Å². The van der Waals surface area contributed by atoms with E-state index in [1.165, 1.54) is 12.1 Å². The van der Waals surface area contributed by atoms with E-state index in [0.717, 1.165) is 66.7 Å². The van der Waals surface area contributed by atoms with Crippen LogP contribution in [0, 0.1) is 0 Å². The van der Waals surface area contributed by atoms with E-state index in [0.29, 0.717) is 6.54 Å². The molecule has 0 atom stereocenters. The fourth-order valence-electron chi connectivity index (χ4n) is 3.44. The van der Waals surface area contributed by atoms with Gasteiger partial charge in [-0.1, -0.05) is 72.0 Å². The molecule has 0 fully saturated rings. The summed E-state index contributed by atoms with van der Waals surface area (Å²) in [6, 6.07) is 16.2. The van der Waals surface area contributed by atoms with Crippen molar-refractivity contribution < 1.29 is 12.9 Å². The molecular formula is C22H25N5O3S. The predicted molar refractivity (Wildman–Crippen MR) is 120 cm³/mol. The number of unbranched alkanes of at least 4 members (excludes halogenated alkanes) is 4. The van der Waals surface area contributed by atoms with Crippen LogP contribution in [0.25, 0.3) is 32.8 Å². The predicted octanol–water partition coefficient (Wildman–Crippen LogP) is 5.46. The Labute approximate surface area is 181 Å². The lowest BCUT2D eigenvalue weighted by atomic mass is 9.97. The van der Waals surface area contributed by atoms with Gasteiger partial charge in [0.1, 0.15) is 11.5 Å². The summed E-state index contributed by atoms with van der Waals surface area (Å²) >= 11 is 0. The van der Waals surface area contributed by atoms with E-state index in [9.17, 15) is 8.42 Å². The summed E-state index contributed by atoms with van der Waals surface area (Å²) in [4.78, 5) is 2.83. The number of hydrogen-bond acceptors (Lipinski definition) is 5.